The van der Waals surface area contributed by atoms with Crippen LogP contribution in [0.15, 0.2) is 164 Å². The summed E-state index contributed by atoms with van der Waals surface area (Å²) in [4.78, 5) is 8.44. The summed E-state index contributed by atoms with van der Waals surface area (Å²) in [6, 6.07) is 53.8. The molecular weight excluding hydrogens is 832 g/mol. The molecule has 5 aromatic carbocycles. The van der Waals surface area contributed by atoms with Crippen molar-refractivity contribution in [3.63, 3.8) is 0 Å². The lowest BCUT2D eigenvalue weighted by molar-refractivity contribution is 0.874. The van der Waals surface area contributed by atoms with Gasteiger partial charge >= 0.3 is 0 Å². The molecule has 7 aromatic rings. The number of halogens is 2. The summed E-state index contributed by atoms with van der Waals surface area (Å²) in [6.07, 6.45) is 13.6. The second-order valence-electron chi connectivity index (χ2n) is 16.3. The Morgan fingerprint density at radius 3 is 1.40 bits per heavy atom. The van der Waals surface area contributed by atoms with Crippen LogP contribution >= 0.6 is 23.2 Å². The largest absolute Gasteiger partial charge is 0.261 e. The number of aryl methyl sites for hydroxylation is 11. The molecule has 0 atom stereocenters. The summed E-state index contributed by atoms with van der Waals surface area (Å²) < 4.78 is 0. The number of nitrogens with zero attached hydrogens (tertiary/aromatic N) is 2. The van der Waals surface area contributed by atoms with Crippen molar-refractivity contribution in [3.8, 4) is 0 Å². The van der Waals surface area contributed by atoms with Gasteiger partial charge in [-0.3, -0.25) is 9.97 Å². The van der Waals surface area contributed by atoms with Crippen LogP contribution in [0.1, 0.15) is 128 Å². The van der Waals surface area contributed by atoms with Crippen LogP contribution in [0.25, 0.3) is 0 Å². The van der Waals surface area contributed by atoms with E-state index in [-0.39, 0.29) is 0 Å². The molecule has 0 N–H and O–H groups in total. The highest BCUT2D eigenvalue weighted by Crippen LogP contribution is 2.16. The van der Waals surface area contributed by atoms with Gasteiger partial charge in [0.05, 0.1) is 0 Å². The van der Waals surface area contributed by atoms with Crippen LogP contribution in [0, 0.1) is 41.5 Å². The molecule has 0 aliphatic heterocycles. The van der Waals surface area contributed by atoms with Crippen LogP contribution < -0.4 is 0 Å². The van der Waals surface area contributed by atoms with Crippen LogP contribution in [-0.2, 0) is 32.1 Å². The highest BCUT2D eigenvalue weighted by Gasteiger charge is 1.96. The van der Waals surface area contributed by atoms with E-state index in [1.54, 1.807) is 0 Å². The number of rotatable bonds is 10. The summed E-state index contributed by atoms with van der Waals surface area (Å²) in [5.41, 5.74) is 14.3. The quantitative estimate of drug-likeness (QED) is 0.137. The fraction of sp³-hybridized carbons (Fsp3) is 0.344. The van der Waals surface area contributed by atoms with Gasteiger partial charge in [0, 0.05) is 33.3 Å². The van der Waals surface area contributed by atoms with E-state index < -0.39 is 0 Å². The first-order valence-corrected chi connectivity index (χ1v) is 24.5. The van der Waals surface area contributed by atoms with Gasteiger partial charge in [0.15, 0.2) is 0 Å². The minimum absolute atomic E-state index is 0.839. The van der Waals surface area contributed by atoms with Crippen molar-refractivity contribution in [1.29, 1.82) is 0 Å². The van der Waals surface area contributed by atoms with Gasteiger partial charge in [0.25, 0.3) is 0 Å². The van der Waals surface area contributed by atoms with Crippen molar-refractivity contribution >= 4 is 23.2 Å². The monoisotopic (exact) mass is 911 g/mol. The van der Waals surface area contributed by atoms with Gasteiger partial charge in [-0.15, -0.1) is 0 Å². The zero-order chi connectivity index (χ0) is 48.1. The zero-order valence-electron chi connectivity index (χ0n) is 41.8. The third-order valence-corrected chi connectivity index (χ3v) is 10.4. The molecule has 0 aliphatic rings. The van der Waals surface area contributed by atoms with E-state index >= 15 is 0 Å². The Morgan fingerprint density at radius 2 is 0.908 bits per heavy atom. The van der Waals surface area contributed by atoms with E-state index in [4.69, 9.17) is 23.2 Å². The molecule has 0 saturated heterocycles. The molecule has 7 rings (SSSR count). The van der Waals surface area contributed by atoms with Crippen molar-refractivity contribution in [2.24, 2.45) is 0 Å². The standard InChI is InChI=1S/2C10H14.2C9H11Cl.C9H13N.C7H9N.C7H8/c1-3-6-10-8-5-4-7-9(10)2;1-3-5-10-7-4-6-9(2)8-10;1-2-5-8-6-3-4-7-9(8)10;1-2-4-8-5-3-6-9(10)7-8;1-3-5-9-7-4-6-8(2)10-9;1-6-3-4-7(2)8-5-6;1-7-5-3-2-4-6-7/h4-5,7-8H,3,6H2,1-2H3;4,6-8H,3,5H2,1-2H3;3-4,6-7H,2,5H2,1H3;3,5-7H,2,4H2,1H3;4,6-7H,3,5H2,1-2H3;3-5H,1-2H3;2-6H,1H3. The SMILES string of the molecule is CCCc1cccc(C)c1.CCCc1cccc(C)n1.CCCc1cccc(Cl)c1.CCCc1ccccc1C.CCCc1ccccc1Cl.Cc1ccc(C)nc1.Cc1ccccc1. The van der Waals surface area contributed by atoms with Gasteiger partial charge in [-0.1, -0.05) is 222 Å². The molecular formula is C61H80Cl2N2. The normalized spacial score (nSPS) is 9.62. The van der Waals surface area contributed by atoms with Gasteiger partial charge in [-0.25, -0.2) is 0 Å². The van der Waals surface area contributed by atoms with E-state index in [9.17, 15) is 0 Å². The summed E-state index contributed by atoms with van der Waals surface area (Å²) in [5.74, 6) is 0. The Bertz CT molecular complexity index is 2030. The lowest BCUT2D eigenvalue weighted by Crippen LogP contribution is -1.89. The predicted octanol–water partition coefficient (Wildman–Crippen LogP) is 18.5. The molecule has 0 spiro atoms. The number of aromatic nitrogens is 2. The van der Waals surface area contributed by atoms with Crippen molar-refractivity contribution in [2.75, 3.05) is 0 Å². The highest BCUT2D eigenvalue weighted by atomic mass is 35.5. The molecule has 0 fully saturated rings. The Hall–Kier alpha value is -5.02. The van der Waals surface area contributed by atoms with Gasteiger partial charge in [0.1, 0.15) is 0 Å². The molecule has 2 heterocycles. The molecule has 0 amide bonds. The van der Waals surface area contributed by atoms with Crippen molar-refractivity contribution < 1.29 is 0 Å². The molecule has 0 radical (unpaired) electrons. The molecule has 0 aliphatic carbocycles. The Morgan fingerprint density at radius 1 is 0.385 bits per heavy atom. The predicted molar refractivity (Wildman–Crippen MR) is 289 cm³/mol. The van der Waals surface area contributed by atoms with Crippen molar-refractivity contribution in [3.05, 3.63) is 236 Å². The van der Waals surface area contributed by atoms with Crippen LogP contribution in [0.3, 0.4) is 0 Å². The highest BCUT2D eigenvalue weighted by molar-refractivity contribution is 6.31. The van der Waals surface area contributed by atoms with Gasteiger partial charge in [-0.05, 0) is 143 Å². The first-order valence-electron chi connectivity index (χ1n) is 23.8. The second kappa shape index (κ2) is 37.2. The van der Waals surface area contributed by atoms with Crippen LogP contribution in [0.2, 0.25) is 10.0 Å². The lowest BCUT2D eigenvalue weighted by Gasteiger charge is -2.01. The number of hydrogen-bond donors (Lipinski definition) is 0. The van der Waals surface area contributed by atoms with E-state index in [1.807, 2.05) is 93.7 Å². The molecule has 4 heteroatoms. The Balaban J connectivity index is 0.000000380. The third-order valence-electron chi connectivity index (χ3n) is 9.76. The second-order valence-corrected chi connectivity index (χ2v) is 17.1. The molecule has 0 unspecified atom stereocenters. The maximum Gasteiger partial charge on any atom is 0.0437 e. The van der Waals surface area contributed by atoms with Crippen LogP contribution in [-0.4, -0.2) is 9.97 Å². The average Bonchev–Trinajstić information content (AvgIpc) is 3.29. The summed E-state index contributed by atoms with van der Waals surface area (Å²) in [5, 5.41) is 1.73. The topological polar surface area (TPSA) is 25.8 Å². The zero-order valence-corrected chi connectivity index (χ0v) is 43.3. The smallest absolute Gasteiger partial charge is 0.0437 e. The van der Waals surface area contributed by atoms with E-state index in [2.05, 4.69) is 156 Å². The molecule has 348 valence electrons. The Kier molecular flexibility index (Phi) is 33.2. The first-order chi connectivity index (χ1) is 31.3. The maximum absolute atomic E-state index is 5.90. The average molecular weight is 912 g/mol. The first kappa shape index (κ1) is 58.0. The van der Waals surface area contributed by atoms with Crippen LogP contribution in [0.5, 0.6) is 0 Å². The Labute approximate surface area is 407 Å². The number of hydrogen-bond acceptors (Lipinski definition) is 2. The minimum atomic E-state index is 0.839. The van der Waals surface area contributed by atoms with E-state index in [0.717, 1.165) is 47.1 Å². The minimum Gasteiger partial charge on any atom is -0.261 e. The fourth-order valence-corrected chi connectivity index (χ4v) is 6.78. The van der Waals surface area contributed by atoms with Crippen molar-refractivity contribution in [2.45, 2.75) is 140 Å². The van der Waals surface area contributed by atoms with Gasteiger partial charge < -0.3 is 0 Å². The van der Waals surface area contributed by atoms with E-state index in [1.165, 1.54) is 88.7 Å². The molecule has 2 aromatic heterocycles. The molecule has 0 bridgehead atoms. The maximum atomic E-state index is 5.90. The van der Waals surface area contributed by atoms with Crippen molar-refractivity contribution in [1.82, 2.24) is 9.97 Å². The molecule has 65 heavy (non-hydrogen) atoms. The van der Waals surface area contributed by atoms with Gasteiger partial charge in [-0.2, -0.15) is 0 Å². The van der Waals surface area contributed by atoms with E-state index in [0.29, 0.717) is 0 Å². The number of benzene rings is 5. The van der Waals surface area contributed by atoms with Gasteiger partial charge in [0.2, 0.25) is 0 Å². The molecule has 0 saturated carbocycles. The summed E-state index contributed by atoms with van der Waals surface area (Å²) in [7, 11) is 0. The number of pyridine rings is 2. The third kappa shape index (κ3) is 29.9. The summed E-state index contributed by atoms with van der Waals surface area (Å²) in [6.45, 7) is 23.4. The molecule has 2 nitrogen and oxygen atoms in total. The van der Waals surface area contributed by atoms with Crippen LogP contribution in [0.4, 0.5) is 0 Å². The fourth-order valence-electron chi connectivity index (χ4n) is 6.34. The summed E-state index contributed by atoms with van der Waals surface area (Å²) >= 11 is 11.7. The lowest BCUT2D eigenvalue weighted by atomic mass is 10.1.